The number of quaternary nitrogens is 1. The Balaban J connectivity index is 2.08. The van der Waals surface area contributed by atoms with Crippen molar-refractivity contribution in [2.75, 3.05) is 13.1 Å². The van der Waals surface area contributed by atoms with Crippen LogP contribution < -0.4 is 10.6 Å². The van der Waals surface area contributed by atoms with Gasteiger partial charge in [-0.05, 0) is 26.8 Å². The number of hydrogen-bond donors (Lipinski definition) is 2. The van der Waals surface area contributed by atoms with Gasteiger partial charge in [-0.15, -0.1) is 0 Å². The molecule has 23 heavy (non-hydrogen) atoms. The molecule has 5 nitrogen and oxygen atoms in total. The van der Waals surface area contributed by atoms with E-state index >= 15 is 0 Å². The summed E-state index contributed by atoms with van der Waals surface area (Å²) in [4.78, 5) is 16.4. The summed E-state index contributed by atoms with van der Waals surface area (Å²) in [6.07, 6.45) is 1.62. The van der Waals surface area contributed by atoms with Gasteiger partial charge in [-0.2, -0.15) is 0 Å². The number of halogens is 1. The summed E-state index contributed by atoms with van der Waals surface area (Å²) < 4.78 is 6.58. The predicted octanol–water partition coefficient (Wildman–Crippen LogP) is 1.58. The van der Waals surface area contributed by atoms with Gasteiger partial charge in [0.05, 0.1) is 35.0 Å². The normalized spacial score (nSPS) is 22.9. The first-order valence-electron chi connectivity index (χ1n) is 8.21. The van der Waals surface area contributed by atoms with Crippen molar-refractivity contribution in [1.82, 2.24) is 10.3 Å². The van der Waals surface area contributed by atoms with Crippen LogP contribution in [0, 0.1) is 6.92 Å². The fourth-order valence-corrected chi connectivity index (χ4v) is 4.01. The lowest BCUT2D eigenvalue weighted by molar-refractivity contribution is -0.669. The number of nitrogens with one attached hydrogen (secondary N) is 1. The van der Waals surface area contributed by atoms with Gasteiger partial charge in [-0.3, -0.25) is 9.78 Å². The Kier molecular flexibility index (Phi) is 4.15. The number of hydrogen-bond acceptors (Lipinski definition) is 3. The molecule has 1 spiro atoms. The van der Waals surface area contributed by atoms with Gasteiger partial charge in [-0.25, -0.2) is 0 Å². The fourth-order valence-electron chi connectivity index (χ4n) is 3.85. The van der Waals surface area contributed by atoms with E-state index in [0.29, 0.717) is 5.02 Å². The number of nitrogens with two attached hydrogens (primary N) is 1. The molecule has 1 saturated heterocycles. The van der Waals surface area contributed by atoms with Crippen LogP contribution in [0.15, 0.2) is 6.07 Å². The van der Waals surface area contributed by atoms with Gasteiger partial charge >= 0.3 is 0 Å². The lowest BCUT2D eigenvalue weighted by Crippen LogP contribution is -2.87. The summed E-state index contributed by atoms with van der Waals surface area (Å²) in [6.45, 7) is 9.49. The van der Waals surface area contributed by atoms with Crippen LogP contribution in [0.5, 0.6) is 0 Å². The molecule has 1 aromatic rings. The molecule has 0 saturated carbocycles. The lowest BCUT2D eigenvalue weighted by Gasteiger charge is -2.36. The zero-order valence-corrected chi connectivity index (χ0v) is 15.0. The van der Waals surface area contributed by atoms with Gasteiger partial charge in [0.2, 0.25) is 5.91 Å². The number of aromatic nitrogens is 1. The molecule has 2 aliphatic heterocycles. The second-order valence-corrected chi connectivity index (χ2v) is 7.66. The average Bonchev–Trinajstić information content (AvgIpc) is 2.74. The molecule has 1 fully saturated rings. The molecule has 0 unspecified atom stereocenters. The van der Waals surface area contributed by atoms with Gasteiger partial charge in [-0.1, -0.05) is 11.6 Å². The van der Waals surface area contributed by atoms with Crippen LogP contribution in [0.25, 0.3) is 0 Å². The van der Waals surface area contributed by atoms with Crippen LogP contribution >= 0.6 is 11.6 Å². The number of nitrogens with zero attached hydrogens (tertiary/aromatic N) is 1. The number of aryl methyl sites for hydroxylation is 1. The third-order valence-corrected chi connectivity index (χ3v) is 5.28. The topological polar surface area (TPSA) is 67.8 Å². The molecule has 0 bridgehead atoms. The molecule has 0 radical (unpaired) electrons. The Morgan fingerprint density at radius 3 is 2.74 bits per heavy atom. The molecule has 3 heterocycles. The van der Waals surface area contributed by atoms with Crippen LogP contribution in [0.2, 0.25) is 5.02 Å². The third-order valence-electron chi connectivity index (χ3n) is 4.90. The molecular weight excluding hydrogens is 314 g/mol. The van der Waals surface area contributed by atoms with Crippen molar-refractivity contribution in [3.8, 4) is 0 Å². The molecule has 0 aromatic carbocycles. The van der Waals surface area contributed by atoms with Gasteiger partial charge < -0.3 is 15.4 Å². The second kappa shape index (κ2) is 5.72. The number of pyridine rings is 1. The highest BCUT2D eigenvalue weighted by Gasteiger charge is 2.52. The predicted molar refractivity (Wildman–Crippen MR) is 88.3 cm³/mol. The van der Waals surface area contributed by atoms with Gasteiger partial charge in [0.1, 0.15) is 11.7 Å². The summed E-state index contributed by atoms with van der Waals surface area (Å²) in [5.41, 5.74) is 1.99. The first kappa shape index (κ1) is 16.7. The molecule has 1 atom stereocenters. The number of ether oxygens (including phenoxy) is 1. The minimum absolute atomic E-state index is 0.0655. The standard InChI is InChI=1S/C17H24ClN3O2/c1-10-13(18)9-12-14(20-10)17(5-7-19-8-6-17)23-15(12)16(3,4)21-11(2)22/h9,15,19H,5-8H2,1-4H3,(H,21,22)/p+1/t15-/m1/s1. The first-order valence-corrected chi connectivity index (χ1v) is 8.59. The van der Waals surface area contributed by atoms with E-state index in [9.17, 15) is 4.79 Å². The van der Waals surface area contributed by atoms with Gasteiger partial charge in [0.15, 0.2) is 0 Å². The summed E-state index contributed by atoms with van der Waals surface area (Å²) in [7, 11) is 0. The van der Waals surface area contributed by atoms with E-state index in [0.717, 1.165) is 42.9 Å². The van der Waals surface area contributed by atoms with E-state index in [1.165, 1.54) is 6.92 Å². The van der Waals surface area contributed by atoms with Crippen molar-refractivity contribution in [3.05, 3.63) is 28.0 Å². The highest BCUT2D eigenvalue weighted by atomic mass is 35.5. The zero-order valence-electron chi connectivity index (χ0n) is 14.2. The Morgan fingerprint density at radius 1 is 1.48 bits per heavy atom. The maximum absolute atomic E-state index is 11.6. The Bertz CT molecular complexity index is 639. The quantitative estimate of drug-likeness (QED) is 0.860. The van der Waals surface area contributed by atoms with Crippen molar-refractivity contribution in [1.29, 1.82) is 0 Å². The number of carbonyl (C=O) groups excluding carboxylic acids is 1. The molecule has 6 heteroatoms. The molecule has 2 aliphatic rings. The smallest absolute Gasteiger partial charge is 0.217 e. The number of piperidine rings is 1. The van der Waals surface area contributed by atoms with Crippen LogP contribution in [0.3, 0.4) is 0 Å². The maximum atomic E-state index is 11.6. The van der Waals surface area contributed by atoms with Crippen LogP contribution in [0.1, 0.15) is 56.7 Å². The summed E-state index contributed by atoms with van der Waals surface area (Å²) in [5.74, 6) is -0.0655. The summed E-state index contributed by atoms with van der Waals surface area (Å²) >= 11 is 6.33. The second-order valence-electron chi connectivity index (χ2n) is 7.25. The van der Waals surface area contributed by atoms with Crippen molar-refractivity contribution in [2.24, 2.45) is 0 Å². The van der Waals surface area contributed by atoms with Gasteiger partial charge in [0.25, 0.3) is 0 Å². The number of rotatable bonds is 2. The van der Waals surface area contributed by atoms with E-state index < -0.39 is 5.54 Å². The van der Waals surface area contributed by atoms with E-state index in [2.05, 4.69) is 10.6 Å². The largest absolute Gasteiger partial charge is 0.358 e. The molecule has 3 N–H and O–H groups in total. The summed E-state index contributed by atoms with van der Waals surface area (Å²) in [6, 6.07) is 1.97. The highest BCUT2D eigenvalue weighted by Crippen LogP contribution is 2.51. The molecule has 1 aromatic heterocycles. The molecule has 3 rings (SSSR count). The van der Waals surface area contributed by atoms with E-state index in [1.54, 1.807) is 0 Å². The minimum atomic E-state index is -0.522. The van der Waals surface area contributed by atoms with Gasteiger partial charge in [0, 0.05) is 25.3 Å². The average molecular weight is 339 g/mol. The minimum Gasteiger partial charge on any atom is -0.358 e. The summed E-state index contributed by atoms with van der Waals surface area (Å²) in [5, 5.41) is 5.97. The van der Waals surface area contributed by atoms with E-state index in [4.69, 9.17) is 21.3 Å². The maximum Gasteiger partial charge on any atom is 0.217 e. The Morgan fingerprint density at radius 2 is 2.13 bits per heavy atom. The molecule has 1 amide bonds. The SMILES string of the molecule is CC(=O)NC(C)(C)[C@@H]1OC2(CC[NH2+]CC2)c2nc(C)c(Cl)cc21. The van der Waals surface area contributed by atoms with Crippen LogP contribution in [0.4, 0.5) is 0 Å². The van der Waals surface area contributed by atoms with Crippen molar-refractivity contribution in [2.45, 2.75) is 57.8 Å². The van der Waals surface area contributed by atoms with Crippen LogP contribution in [-0.2, 0) is 15.1 Å². The fraction of sp³-hybridized carbons (Fsp3) is 0.647. The molecule has 0 aliphatic carbocycles. The highest BCUT2D eigenvalue weighted by molar-refractivity contribution is 6.31. The van der Waals surface area contributed by atoms with Crippen LogP contribution in [-0.4, -0.2) is 29.5 Å². The van der Waals surface area contributed by atoms with Crippen molar-refractivity contribution in [3.63, 3.8) is 0 Å². The first-order chi connectivity index (χ1) is 10.8. The number of fused-ring (bicyclic) bond motifs is 2. The van der Waals surface area contributed by atoms with Crippen molar-refractivity contribution < 1.29 is 14.8 Å². The monoisotopic (exact) mass is 338 g/mol. The molecule has 126 valence electrons. The number of carbonyl (C=O) groups is 1. The zero-order chi connectivity index (χ0) is 16.8. The van der Waals surface area contributed by atoms with E-state index in [1.807, 2.05) is 26.8 Å². The number of amides is 1. The van der Waals surface area contributed by atoms with E-state index in [-0.39, 0.29) is 17.6 Å². The molecular formula is C17H25ClN3O2+. The Labute approximate surface area is 142 Å². The lowest BCUT2D eigenvalue weighted by atomic mass is 9.86. The Hall–Kier alpha value is -1.17. The third kappa shape index (κ3) is 2.86. The van der Waals surface area contributed by atoms with Crippen molar-refractivity contribution >= 4 is 17.5 Å².